The Morgan fingerprint density at radius 3 is 2.83 bits per heavy atom. The van der Waals surface area contributed by atoms with Gasteiger partial charge in [-0.25, -0.2) is 13.6 Å². The molecule has 1 aliphatic heterocycles. The summed E-state index contributed by atoms with van der Waals surface area (Å²) < 4.78 is 28.9. The van der Waals surface area contributed by atoms with Crippen molar-refractivity contribution in [1.82, 2.24) is 9.78 Å². The first-order valence-electron chi connectivity index (χ1n) is 5.24. The van der Waals surface area contributed by atoms with Gasteiger partial charge in [-0.2, -0.15) is 4.68 Å². The maximum absolute atomic E-state index is 11.2. The van der Waals surface area contributed by atoms with Crippen molar-refractivity contribution in [2.75, 3.05) is 6.61 Å². The molecule has 0 radical (unpaired) electrons. The summed E-state index contributed by atoms with van der Waals surface area (Å²) in [6.45, 7) is 0.909. The molecule has 100 valence electrons. The van der Waals surface area contributed by atoms with Gasteiger partial charge in [-0.3, -0.25) is 0 Å². The topological polar surface area (TPSA) is 130 Å². The number of rotatable bonds is 4. The number of primary sulfonamides is 1. The van der Waals surface area contributed by atoms with Gasteiger partial charge >= 0.3 is 5.82 Å². The zero-order valence-electron chi connectivity index (χ0n) is 9.35. The van der Waals surface area contributed by atoms with Crippen molar-refractivity contribution in [2.45, 2.75) is 30.4 Å². The van der Waals surface area contributed by atoms with Gasteiger partial charge in [-0.1, -0.05) is 0 Å². The Hall–Kier alpha value is -1.52. The van der Waals surface area contributed by atoms with Crippen molar-refractivity contribution in [3.05, 3.63) is 16.3 Å². The molecule has 2 heterocycles. The van der Waals surface area contributed by atoms with E-state index in [0.29, 0.717) is 6.61 Å². The van der Waals surface area contributed by atoms with Gasteiger partial charge < -0.3 is 14.9 Å². The maximum Gasteiger partial charge on any atom is 0.410 e. The lowest BCUT2D eigenvalue weighted by Gasteiger charge is -2.05. The number of nitrogens with two attached hydrogens (primary N) is 1. The van der Waals surface area contributed by atoms with Crippen molar-refractivity contribution < 1.29 is 18.1 Å². The second kappa shape index (κ2) is 4.63. The van der Waals surface area contributed by atoms with Crippen molar-refractivity contribution >= 4 is 15.8 Å². The SMILES string of the molecule is NS(=O)(=O)c1cn(CC2CCCO2)nc1[N+](=O)[O-]. The molecule has 0 saturated carbocycles. The molecular formula is C8H12N4O5S. The molecule has 1 aliphatic rings. The smallest absolute Gasteiger partial charge is 0.376 e. The lowest BCUT2D eigenvalue weighted by Crippen LogP contribution is -2.15. The molecule has 1 aromatic heterocycles. The van der Waals surface area contributed by atoms with Gasteiger partial charge in [0.1, 0.15) is 0 Å². The fourth-order valence-electron chi connectivity index (χ4n) is 1.81. The molecule has 0 bridgehead atoms. The summed E-state index contributed by atoms with van der Waals surface area (Å²) >= 11 is 0. The van der Waals surface area contributed by atoms with Crippen molar-refractivity contribution in [2.24, 2.45) is 5.14 Å². The standard InChI is InChI=1S/C8H12N4O5S/c9-18(15,16)7-5-11(10-8(7)12(13)14)4-6-2-1-3-17-6/h5-6H,1-4H2,(H2,9,15,16). The number of hydrogen-bond acceptors (Lipinski definition) is 6. The molecule has 1 unspecified atom stereocenters. The van der Waals surface area contributed by atoms with Gasteiger partial charge in [0.05, 0.1) is 23.9 Å². The largest absolute Gasteiger partial charge is 0.410 e. The van der Waals surface area contributed by atoms with Crippen LogP contribution in [0.3, 0.4) is 0 Å². The van der Waals surface area contributed by atoms with E-state index in [0.717, 1.165) is 19.0 Å². The van der Waals surface area contributed by atoms with Crippen LogP contribution in [0.2, 0.25) is 0 Å². The average molecular weight is 276 g/mol. The van der Waals surface area contributed by atoms with E-state index < -0.39 is 25.7 Å². The van der Waals surface area contributed by atoms with Gasteiger partial charge in [-0.15, -0.1) is 0 Å². The van der Waals surface area contributed by atoms with Crippen molar-refractivity contribution in [1.29, 1.82) is 0 Å². The summed E-state index contributed by atoms with van der Waals surface area (Å²) in [5.74, 6) is -0.754. The predicted molar refractivity (Wildman–Crippen MR) is 59.2 cm³/mol. The minimum atomic E-state index is -4.16. The van der Waals surface area contributed by atoms with Crippen LogP contribution in [0.4, 0.5) is 5.82 Å². The molecule has 10 heteroatoms. The predicted octanol–water partition coefficient (Wildman–Crippen LogP) is -0.382. The third-order valence-corrected chi connectivity index (χ3v) is 3.51. The molecule has 1 saturated heterocycles. The van der Waals surface area contributed by atoms with Crippen molar-refractivity contribution in [3.8, 4) is 0 Å². The molecule has 2 N–H and O–H groups in total. The Bertz CT molecular complexity index is 560. The summed E-state index contributed by atoms with van der Waals surface area (Å²) in [4.78, 5) is 9.25. The molecule has 18 heavy (non-hydrogen) atoms. The Morgan fingerprint density at radius 2 is 2.39 bits per heavy atom. The molecular weight excluding hydrogens is 264 g/mol. The molecule has 0 aliphatic carbocycles. The van der Waals surface area contributed by atoms with Crippen LogP contribution in [0.1, 0.15) is 12.8 Å². The third-order valence-electron chi connectivity index (χ3n) is 2.60. The van der Waals surface area contributed by atoms with E-state index in [1.165, 1.54) is 4.68 Å². The minimum Gasteiger partial charge on any atom is -0.376 e. The van der Waals surface area contributed by atoms with Crippen LogP contribution in [0.5, 0.6) is 0 Å². The third kappa shape index (κ3) is 2.66. The lowest BCUT2D eigenvalue weighted by atomic mass is 10.2. The summed E-state index contributed by atoms with van der Waals surface area (Å²) in [7, 11) is -4.16. The number of sulfonamides is 1. The first-order valence-corrected chi connectivity index (χ1v) is 6.79. The maximum atomic E-state index is 11.2. The number of hydrogen-bond donors (Lipinski definition) is 1. The summed E-state index contributed by atoms with van der Waals surface area (Å²) in [5, 5.41) is 19.2. The van der Waals surface area contributed by atoms with Gasteiger partial charge in [-0.05, 0) is 17.8 Å². The van der Waals surface area contributed by atoms with Gasteiger partial charge in [0.15, 0.2) is 0 Å². The van der Waals surface area contributed by atoms with E-state index in [1.54, 1.807) is 0 Å². The Balaban J connectivity index is 2.30. The molecule has 2 rings (SSSR count). The van der Waals surface area contributed by atoms with Crippen LogP contribution >= 0.6 is 0 Å². The minimum absolute atomic E-state index is 0.0992. The molecule has 0 aromatic carbocycles. The summed E-state index contributed by atoms with van der Waals surface area (Å²) in [5.41, 5.74) is 0. The highest BCUT2D eigenvalue weighted by molar-refractivity contribution is 7.89. The first-order chi connectivity index (χ1) is 8.38. The van der Waals surface area contributed by atoms with E-state index in [-0.39, 0.29) is 12.6 Å². The average Bonchev–Trinajstić information content (AvgIpc) is 2.85. The van der Waals surface area contributed by atoms with Gasteiger partial charge in [0.25, 0.3) is 0 Å². The highest BCUT2D eigenvalue weighted by Crippen LogP contribution is 2.21. The van der Waals surface area contributed by atoms with Crippen LogP contribution in [0, 0.1) is 10.1 Å². The number of nitro groups is 1. The number of aromatic nitrogens is 2. The highest BCUT2D eigenvalue weighted by Gasteiger charge is 2.30. The molecule has 9 nitrogen and oxygen atoms in total. The number of ether oxygens (including phenoxy) is 1. The molecule has 1 fully saturated rings. The van der Waals surface area contributed by atoms with E-state index >= 15 is 0 Å². The Kier molecular flexibility index (Phi) is 3.32. The zero-order chi connectivity index (χ0) is 13.3. The second-order valence-electron chi connectivity index (χ2n) is 3.98. The molecule has 1 atom stereocenters. The van der Waals surface area contributed by atoms with E-state index in [4.69, 9.17) is 9.88 Å². The van der Waals surface area contributed by atoms with Crippen LogP contribution < -0.4 is 5.14 Å². The Morgan fingerprint density at radius 1 is 1.67 bits per heavy atom. The summed E-state index contributed by atoms with van der Waals surface area (Å²) in [6.07, 6.45) is 2.70. The van der Waals surface area contributed by atoms with Gasteiger partial charge in [0, 0.05) is 6.61 Å². The van der Waals surface area contributed by atoms with Crippen LogP contribution in [0.15, 0.2) is 11.1 Å². The van der Waals surface area contributed by atoms with E-state index in [1.807, 2.05) is 0 Å². The second-order valence-corrected chi connectivity index (χ2v) is 5.51. The van der Waals surface area contributed by atoms with Crippen LogP contribution in [0.25, 0.3) is 0 Å². The highest BCUT2D eigenvalue weighted by atomic mass is 32.2. The van der Waals surface area contributed by atoms with Gasteiger partial charge in [0.2, 0.25) is 14.9 Å². The molecule has 1 aromatic rings. The fraction of sp³-hybridized carbons (Fsp3) is 0.625. The monoisotopic (exact) mass is 276 g/mol. The quantitative estimate of drug-likeness (QED) is 0.589. The first kappa shape index (κ1) is 12.9. The summed E-state index contributed by atoms with van der Waals surface area (Å²) in [6, 6.07) is 0. The van der Waals surface area contributed by atoms with Crippen molar-refractivity contribution in [3.63, 3.8) is 0 Å². The fourth-order valence-corrected chi connectivity index (χ4v) is 2.45. The zero-order valence-corrected chi connectivity index (χ0v) is 10.2. The van der Waals surface area contributed by atoms with E-state index in [2.05, 4.69) is 5.10 Å². The van der Waals surface area contributed by atoms with Crippen LogP contribution in [-0.4, -0.2) is 35.8 Å². The number of nitrogens with zero attached hydrogens (tertiary/aromatic N) is 3. The lowest BCUT2D eigenvalue weighted by molar-refractivity contribution is -0.392. The Labute approximate surface area is 103 Å². The van der Waals surface area contributed by atoms with E-state index in [9.17, 15) is 18.5 Å². The normalized spacial score (nSPS) is 20.2. The molecule has 0 spiro atoms. The van der Waals surface area contributed by atoms with Crippen LogP contribution in [-0.2, 0) is 21.3 Å². The molecule has 0 amide bonds.